The number of pyridine rings is 1. The molecule has 1 N–H and O–H groups in total. The molecule has 2 rings (SSSR count). The molecular weight excluding hydrogens is 216 g/mol. The molecule has 2 aromatic rings. The van der Waals surface area contributed by atoms with Crippen LogP contribution in [0.25, 0.3) is 0 Å². The molecule has 0 radical (unpaired) electrons. The van der Waals surface area contributed by atoms with E-state index in [1.54, 1.807) is 30.1 Å². The van der Waals surface area contributed by atoms with E-state index in [0.717, 1.165) is 11.4 Å². The van der Waals surface area contributed by atoms with Crippen LogP contribution in [-0.2, 0) is 14.1 Å². The Morgan fingerprint density at radius 1 is 1.29 bits per heavy atom. The summed E-state index contributed by atoms with van der Waals surface area (Å²) >= 11 is 0. The van der Waals surface area contributed by atoms with Crippen molar-refractivity contribution < 1.29 is 0 Å². The molecule has 0 amide bonds. The third-order valence-electron chi connectivity index (χ3n) is 2.87. The summed E-state index contributed by atoms with van der Waals surface area (Å²) in [7, 11) is 5.53. The average Bonchev–Trinajstić information content (AvgIpc) is 2.71. The summed E-state index contributed by atoms with van der Waals surface area (Å²) in [5.74, 6) is 0.890. The molecule has 5 nitrogen and oxygen atoms in total. The van der Waals surface area contributed by atoms with Gasteiger partial charge in [0.25, 0.3) is 5.56 Å². The Labute approximate surface area is 99.7 Å². The minimum Gasteiger partial charge on any atom is -0.336 e. The third-order valence-corrected chi connectivity index (χ3v) is 2.87. The first-order valence-electron chi connectivity index (χ1n) is 5.44. The highest BCUT2D eigenvalue weighted by molar-refractivity contribution is 5.23. The van der Waals surface area contributed by atoms with Gasteiger partial charge in [-0.05, 0) is 18.7 Å². The number of hydrogen-bond donors (Lipinski definition) is 1. The maximum Gasteiger partial charge on any atom is 0.250 e. The van der Waals surface area contributed by atoms with E-state index in [9.17, 15) is 4.79 Å². The topological polar surface area (TPSA) is 51.9 Å². The normalized spacial score (nSPS) is 12.6. The molecule has 2 heterocycles. The zero-order chi connectivity index (χ0) is 12.4. The summed E-state index contributed by atoms with van der Waals surface area (Å²) in [5.41, 5.74) is 0.904. The molecular formula is C12H16N4O. The fourth-order valence-corrected chi connectivity index (χ4v) is 1.84. The van der Waals surface area contributed by atoms with Crippen LogP contribution < -0.4 is 10.9 Å². The van der Waals surface area contributed by atoms with Crippen molar-refractivity contribution in [2.75, 3.05) is 7.05 Å². The maximum atomic E-state index is 11.6. The fourth-order valence-electron chi connectivity index (χ4n) is 1.84. The molecule has 17 heavy (non-hydrogen) atoms. The highest BCUT2D eigenvalue weighted by Crippen LogP contribution is 2.17. The highest BCUT2D eigenvalue weighted by atomic mass is 16.1. The zero-order valence-electron chi connectivity index (χ0n) is 10.2. The molecule has 2 aromatic heterocycles. The van der Waals surface area contributed by atoms with Crippen molar-refractivity contribution in [3.05, 3.63) is 52.5 Å². The van der Waals surface area contributed by atoms with Gasteiger partial charge in [-0.2, -0.15) is 0 Å². The van der Waals surface area contributed by atoms with Crippen LogP contribution in [-0.4, -0.2) is 21.2 Å². The van der Waals surface area contributed by atoms with E-state index in [1.165, 1.54) is 0 Å². The molecule has 5 heteroatoms. The minimum atomic E-state index is -0.0658. The predicted molar refractivity (Wildman–Crippen MR) is 65.8 cm³/mol. The second kappa shape index (κ2) is 4.55. The summed E-state index contributed by atoms with van der Waals surface area (Å²) in [6.07, 6.45) is 5.41. The van der Waals surface area contributed by atoms with Crippen LogP contribution in [0.5, 0.6) is 0 Å². The van der Waals surface area contributed by atoms with E-state index in [2.05, 4.69) is 10.3 Å². The van der Waals surface area contributed by atoms with Crippen molar-refractivity contribution in [2.24, 2.45) is 14.1 Å². The van der Waals surface area contributed by atoms with Crippen LogP contribution >= 0.6 is 0 Å². The molecule has 0 aliphatic carbocycles. The summed E-state index contributed by atoms with van der Waals surface area (Å²) in [6.45, 7) is 0. The lowest BCUT2D eigenvalue weighted by Crippen LogP contribution is -2.24. The van der Waals surface area contributed by atoms with Crippen LogP contribution in [0.4, 0.5) is 0 Å². The van der Waals surface area contributed by atoms with E-state index in [-0.39, 0.29) is 11.6 Å². The first kappa shape index (κ1) is 11.6. The molecule has 1 atom stereocenters. The third kappa shape index (κ3) is 2.14. The van der Waals surface area contributed by atoms with Crippen LogP contribution in [0.3, 0.4) is 0 Å². The Morgan fingerprint density at radius 2 is 2.06 bits per heavy atom. The highest BCUT2D eigenvalue weighted by Gasteiger charge is 2.16. The van der Waals surface area contributed by atoms with Crippen molar-refractivity contribution in [3.63, 3.8) is 0 Å². The molecule has 0 spiro atoms. The molecule has 0 saturated carbocycles. The van der Waals surface area contributed by atoms with Crippen molar-refractivity contribution in [1.82, 2.24) is 19.4 Å². The van der Waals surface area contributed by atoms with Gasteiger partial charge >= 0.3 is 0 Å². The van der Waals surface area contributed by atoms with E-state index in [1.807, 2.05) is 30.9 Å². The Hall–Kier alpha value is -1.88. The van der Waals surface area contributed by atoms with E-state index < -0.39 is 0 Å². The number of aryl methyl sites for hydroxylation is 2. The van der Waals surface area contributed by atoms with Gasteiger partial charge in [0.1, 0.15) is 5.82 Å². The van der Waals surface area contributed by atoms with E-state index in [0.29, 0.717) is 0 Å². The number of rotatable bonds is 3. The van der Waals surface area contributed by atoms with Gasteiger partial charge in [-0.1, -0.05) is 0 Å². The summed E-state index contributed by atoms with van der Waals surface area (Å²) in [4.78, 5) is 15.9. The number of nitrogens with one attached hydrogen (secondary N) is 1. The predicted octanol–water partition coefficient (Wildman–Crippen LogP) is 0.428. The van der Waals surface area contributed by atoms with Gasteiger partial charge in [0.15, 0.2) is 0 Å². The second-order valence-corrected chi connectivity index (χ2v) is 4.03. The molecule has 0 fully saturated rings. The van der Waals surface area contributed by atoms with Gasteiger partial charge in [0.05, 0.1) is 6.04 Å². The SMILES string of the molecule is CNC(c1ccn(C)c(=O)c1)c1nccn1C. The van der Waals surface area contributed by atoms with Crippen LogP contribution in [0.1, 0.15) is 17.4 Å². The first-order valence-corrected chi connectivity index (χ1v) is 5.44. The van der Waals surface area contributed by atoms with Gasteiger partial charge in [-0.15, -0.1) is 0 Å². The smallest absolute Gasteiger partial charge is 0.250 e. The molecule has 0 bridgehead atoms. The standard InChI is InChI=1S/C12H16N4O/c1-13-11(12-14-5-7-16(12)3)9-4-6-15(2)10(17)8-9/h4-8,11,13H,1-3H3. The summed E-state index contributed by atoms with van der Waals surface area (Å²) < 4.78 is 3.49. The monoisotopic (exact) mass is 232 g/mol. The largest absolute Gasteiger partial charge is 0.336 e. The molecule has 90 valence electrons. The van der Waals surface area contributed by atoms with Crippen molar-refractivity contribution in [3.8, 4) is 0 Å². The van der Waals surface area contributed by atoms with Gasteiger partial charge < -0.3 is 14.5 Å². The Balaban J connectivity index is 2.46. The average molecular weight is 232 g/mol. The van der Waals surface area contributed by atoms with Crippen molar-refractivity contribution in [1.29, 1.82) is 0 Å². The van der Waals surface area contributed by atoms with Crippen molar-refractivity contribution in [2.45, 2.75) is 6.04 Å². The fraction of sp³-hybridized carbons (Fsp3) is 0.333. The van der Waals surface area contributed by atoms with Gasteiger partial charge in [0.2, 0.25) is 0 Å². The molecule has 0 saturated heterocycles. The lowest BCUT2D eigenvalue weighted by molar-refractivity contribution is 0.614. The molecule has 0 aliphatic rings. The quantitative estimate of drug-likeness (QED) is 0.835. The number of nitrogens with zero attached hydrogens (tertiary/aromatic N) is 3. The number of aromatic nitrogens is 3. The Bertz CT molecular complexity index is 570. The van der Waals surface area contributed by atoms with Crippen LogP contribution in [0, 0.1) is 0 Å². The lowest BCUT2D eigenvalue weighted by atomic mass is 10.1. The van der Waals surface area contributed by atoms with E-state index in [4.69, 9.17) is 0 Å². The number of hydrogen-bond acceptors (Lipinski definition) is 3. The molecule has 0 aromatic carbocycles. The zero-order valence-corrected chi connectivity index (χ0v) is 10.2. The van der Waals surface area contributed by atoms with E-state index >= 15 is 0 Å². The maximum absolute atomic E-state index is 11.6. The lowest BCUT2D eigenvalue weighted by Gasteiger charge is -2.16. The number of imidazole rings is 1. The van der Waals surface area contributed by atoms with Crippen molar-refractivity contribution >= 4 is 0 Å². The van der Waals surface area contributed by atoms with Crippen LogP contribution in [0.2, 0.25) is 0 Å². The summed E-state index contributed by atoms with van der Waals surface area (Å²) in [5, 5.41) is 3.18. The first-order chi connectivity index (χ1) is 8.13. The van der Waals surface area contributed by atoms with Gasteiger partial charge in [-0.3, -0.25) is 4.79 Å². The Morgan fingerprint density at radius 3 is 2.59 bits per heavy atom. The van der Waals surface area contributed by atoms with Gasteiger partial charge in [0, 0.05) is 38.8 Å². The molecule has 0 aliphatic heterocycles. The summed E-state index contributed by atoms with van der Waals surface area (Å²) in [6, 6.07) is 3.50. The second-order valence-electron chi connectivity index (χ2n) is 4.03. The Kier molecular flexibility index (Phi) is 3.10. The van der Waals surface area contributed by atoms with Crippen LogP contribution in [0.15, 0.2) is 35.5 Å². The molecule has 1 unspecified atom stereocenters. The minimum absolute atomic E-state index is 0.0167. The van der Waals surface area contributed by atoms with Gasteiger partial charge in [-0.25, -0.2) is 4.98 Å².